The van der Waals surface area contributed by atoms with Gasteiger partial charge in [-0.05, 0) is 29.8 Å². The molecule has 0 spiro atoms. The molecule has 3 rings (SSSR count). The first kappa shape index (κ1) is 15.3. The summed E-state index contributed by atoms with van der Waals surface area (Å²) in [6.07, 6.45) is -3.71. The lowest BCUT2D eigenvalue weighted by Crippen LogP contribution is -2.15. The van der Waals surface area contributed by atoms with Gasteiger partial charge in [0.1, 0.15) is 17.3 Å². The van der Waals surface area contributed by atoms with Gasteiger partial charge >= 0.3 is 6.18 Å². The number of benzene rings is 2. The normalized spacial score (nSPS) is 11.7. The summed E-state index contributed by atoms with van der Waals surface area (Å²) in [7, 11) is 0. The van der Waals surface area contributed by atoms with Crippen molar-refractivity contribution in [2.75, 3.05) is 0 Å². The quantitative estimate of drug-likeness (QED) is 0.636. The predicted molar refractivity (Wildman–Crippen MR) is 78.2 cm³/mol. The number of rotatable bonds is 3. The summed E-state index contributed by atoms with van der Waals surface area (Å²) in [5.41, 5.74) is 0.317. The molecule has 6 heteroatoms. The standard InChI is InChI=1S/C17H12F4N2/c18-14-8-6-13(7-9-14)16-22-10-15(17(19,20)21)23(16)11-12-4-2-1-3-5-12/h1-10H,11H2. The summed E-state index contributed by atoms with van der Waals surface area (Å²) in [6, 6.07) is 14.0. The Labute approximate surface area is 130 Å². The SMILES string of the molecule is Fc1ccc(-c2ncc(C(F)(F)F)n2Cc2ccccc2)cc1. The average molecular weight is 320 g/mol. The third kappa shape index (κ3) is 3.26. The van der Waals surface area contributed by atoms with Crippen LogP contribution in [0.1, 0.15) is 11.3 Å². The van der Waals surface area contributed by atoms with Crippen LogP contribution in [0.5, 0.6) is 0 Å². The van der Waals surface area contributed by atoms with Crippen LogP contribution in [0.3, 0.4) is 0 Å². The van der Waals surface area contributed by atoms with Crippen LogP contribution in [0.25, 0.3) is 11.4 Å². The van der Waals surface area contributed by atoms with E-state index in [9.17, 15) is 17.6 Å². The minimum Gasteiger partial charge on any atom is -0.316 e. The van der Waals surface area contributed by atoms with E-state index in [1.165, 1.54) is 24.3 Å². The molecule has 0 aliphatic carbocycles. The molecule has 0 saturated carbocycles. The van der Waals surface area contributed by atoms with Crippen LogP contribution in [-0.4, -0.2) is 9.55 Å². The predicted octanol–water partition coefficient (Wildman–Crippen LogP) is 4.76. The molecule has 1 heterocycles. The molecule has 0 bridgehead atoms. The summed E-state index contributed by atoms with van der Waals surface area (Å²) in [4.78, 5) is 3.90. The number of halogens is 4. The van der Waals surface area contributed by atoms with Crippen molar-refractivity contribution in [2.24, 2.45) is 0 Å². The van der Waals surface area contributed by atoms with E-state index in [-0.39, 0.29) is 12.4 Å². The molecule has 1 aromatic heterocycles. The minimum atomic E-state index is -4.51. The van der Waals surface area contributed by atoms with E-state index in [0.717, 1.165) is 16.3 Å². The Balaban J connectivity index is 2.09. The molecule has 0 unspecified atom stereocenters. The lowest BCUT2D eigenvalue weighted by Gasteiger charge is -2.14. The Morgan fingerprint density at radius 3 is 2.17 bits per heavy atom. The second-order valence-electron chi connectivity index (χ2n) is 5.04. The molecule has 0 N–H and O–H groups in total. The summed E-state index contributed by atoms with van der Waals surface area (Å²) in [6.45, 7) is 0.0302. The van der Waals surface area contributed by atoms with Crippen molar-refractivity contribution in [3.63, 3.8) is 0 Å². The molecule has 2 nitrogen and oxygen atoms in total. The summed E-state index contributed by atoms with van der Waals surface area (Å²) < 4.78 is 53.8. The van der Waals surface area contributed by atoms with Crippen molar-refractivity contribution in [1.29, 1.82) is 0 Å². The molecule has 0 aliphatic heterocycles. The van der Waals surface area contributed by atoms with Crippen LogP contribution >= 0.6 is 0 Å². The Morgan fingerprint density at radius 2 is 1.57 bits per heavy atom. The van der Waals surface area contributed by atoms with E-state index in [0.29, 0.717) is 5.56 Å². The van der Waals surface area contributed by atoms with Gasteiger partial charge in [-0.25, -0.2) is 9.37 Å². The van der Waals surface area contributed by atoms with Gasteiger partial charge in [0.25, 0.3) is 0 Å². The fraction of sp³-hybridized carbons (Fsp3) is 0.118. The zero-order valence-corrected chi connectivity index (χ0v) is 11.9. The second kappa shape index (κ2) is 5.87. The Morgan fingerprint density at radius 1 is 0.913 bits per heavy atom. The van der Waals surface area contributed by atoms with Crippen LogP contribution in [0.4, 0.5) is 17.6 Å². The highest BCUT2D eigenvalue weighted by atomic mass is 19.4. The van der Waals surface area contributed by atoms with Crippen molar-refractivity contribution in [3.8, 4) is 11.4 Å². The van der Waals surface area contributed by atoms with Gasteiger partial charge in [0.05, 0.1) is 6.20 Å². The summed E-state index contributed by atoms with van der Waals surface area (Å²) in [5, 5.41) is 0. The van der Waals surface area contributed by atoms with Crippen molar-refractivity contribution in [3.05, 3.63) is 77.9 Å². The van der Waals surface area contributed by atoms with Gasteiger partial charge in [0.15, 0.2) is 0 Å². The van der Waals surface area contributed by atoms with E-state index in [4.69, 9.17) is 0 Å². The fourth-order valence-corrected chi connectivity index (χ4v) is 2.36. The highest BCUT2D eigenvalue weighted by Crippen LogP contribution is 2.33. The largest absolute Gasteiger partial charge is 0.433 e. The Bertz CT molecular complexity index is 790. The van der Waals surface area contributed by atoms with Gasteiger partial charge in [-0.3, -0.25) is 0 Å². The van der Waals surface area contributed by atoms with Crippen LogP contribution in [-0.2, 0) is 12.7 Å². The topological polar surface area (TPSA) is 17.8 Å². The molecule has 3 aromatic rings. The molecule has 0 radical (unpaired) electrons. The minimum absolute atomic E-state index is 0.0302. The van der Waals surface area contributed by atoms with Crippen molar-refractivity contribution < 1.29 is 17.6 Å². The maximum Gasteiger partial charge on any atom is 0.433 e. The van der Waals surface area contributed by atoms with Crippen molar-refractivity contribution in [2.45, 2.75) is 12.7 Å². The van der Waals surface area contributed by atoms with Gasteiger partial charge in [0.2, 0.25) is 0 Å². The van der Waals surface area contributed by atoms with Gasteiger partial charge in [0, 0.05) is 12.1 Å². The third-order valence-electron chi connectivity index (χ3n) is 3.43. The number of aromatic nitrogens is 2. The molecule has 0 amide bonds. The van der Waals surface area contributed by atoms with Gasteiger partial charge < -0.3 is 4.57 Å². The molecule has 23 heavy (non-hydrogen) atoms. The van der Waals surface area contributed by atoms with E-state index < -0.39 is 17.7 Å². The zero-order valence-electron chi connectivity index (χ0n) is 11.9. The first-order valence-corrected chi connectivity index (χ1v) is 6.88. The van der Waals surface area contributed by atoms with Gasteiger partial charge in [-0.1, -0.05) is 30.3 Å². The molecular formula is C17H12F4N2. The molecule has 118 valence electrons. The van der Waals surface area contributed by atoms with E-state index >= 15 is 0 Å². The third-order valence-corrected chi connectivity index (χ3v) is 3.43. The maximum atomic E-state index is 13.2. The van der Waals surface area contributed by atoms with Crippen LogP contribution < -0.4 is 0 Å². The highest BCUT2D eigenvalue weighted by Gasteiger charge is 2.36. The molecular weight excluding hydrogens is 308 g/mol. The molecule has 2 aromatic carbocycles. The second-order valence-corrected chi connectivity index (χ2v) is 5.04. The summed E-state index contributed by atoms with van der Waals surface area (Å²) >= 11 is 0. The molecule has 0 saturated heterocycles. The van der Waals surface area contributed by atoms with Gasteiger partial charge in [-0.15, -0.1) is 0 Å². The van der Waals surface area contributed by atoms with Crippen molar-refractivity contribution >= 4 is 0 Å². The molecule has 0 atom stereocenters. The Kier molecular flexibility index (Phi) is 3.90. The maximum absolute atomic E-state index is 13.2. The number of imidazole rings is 1. The highest BCUT2D eigenvalue weighted by molar-refractivity contribution is 5.56. The lowest BCUT2D eigenvalue weighted by atomic mass is 10.2. The Hall–Kier alpha value is -2.63. The smallest absolute Gasteiger partial charge is 0.316 e. The number of nitrogens with zero attached hydrogens (tertiary/aromatic N) is 2. The van der Waals surface area contributed by atoms with E-state index in [2.05, 4.69) is 4.98 Å². The van der Waals surface area contributed by atoms with E-state index in [1.807, 2.05) is 0 Å². The average Bonchev–Trinajstić information content (AvgIpc) is 2.93. The first-order valence-electron chi connectivity index (χ1n) is 6.88. The first-order chi connectivity index (χ1) is 10.9. The fourth-order valence-electron chi connectivity index (χ4n) is 2.36. The number of alkyl halides is 3. The van der Waals surface area contributed by atoms with Gasteiger partial charge in [-0.2, -0.15) is 13.2 Å². The molecule has 0 fully saturated rings. The van der Waals surface area contributed by atoms with Crippen molar-refractivity contribution in [1.82, 2.24) is 9.55 Å². The van der Waals surface area contributed by atoms with Crippen LogP contribution in [0.15, 0.2) is 60.8 Å². The lowest BCUT2D eigenvalue weighted by molar-refractivity contribution is -0.143. The van der Waals surface area contributed by atoms with Crippen LogP contribution in [0, 0.1) is 5.82 Å². The summed E-state index contributed by atoms with van der Waals surface area (Å²) in [5.74, 6) is -0.299. The molecule has 0 aliphatic rings. The van der Waals surface area contributed by atoms with E-state index in [1.54, 1.807) is 30.3 Å². The number of hydrogen-bond donors (Lipinski definition) is 0. The number of hydrogen-bond acceptors (Lipinski definition) is 1. The zero-order chi connectivity index (χ0) is 16.4. The monoisotopic (exact) mass is 320 g/mol. The van der Waals surface area contributed by atoms with Crippen LogP contribution in [0.2, 0.25) is 0 Å².